The lowest BCUT2D eigenvalue weighted by Crippen LogP contribution is -2.63. The molecule has 0 radical (unpaired) electrons. The van der Waals surface area contributed by atoms with Crippen LogP contribution in [0, 0.1) is 34.5 Å². The second kappa shape index (κ2) is 24.8. The van der Waals surface area contributed by atoms with E-state index in [0.717, 1.165) is 51.4 Å². The van der Waals surface area contributed by atoms with Crippen molar-refractivity contribution < 1.29 is 67.6 Å². The number of hydrogen-bond donors (Lipinski definition) is 3. The molecular formula is C57H82O14. The zero-order valence-electron chi connectivity index (χ0n) is 43.2. The smallest absolute Gasteiger partial charge is 0.338 e. The van der Waals surface area contributed by atoms with Gasteiger partial charge in [-0.2, -0.15) is 0 Å². The highest BCUT2D eigenvalue weighted by Crippen LogP contribution is 2.69. The molecule has 5 aliphatic rings. The summed E-state index contributed by atoms with van der Waals surface area (Å²) >= 11 is 0. The standard InChI is InChI=1S/C57H82O14/c1-7-8-9-10-11-12-13-14-15-16-31-67-51(60)37(2)57(63)48(35-46-44-26-21-40-34-41(58)27-29-55(40,3)45(44)28-30-56(46,57)4)70-54-50(71-53(62)39-19-24-43(65-6)25-20-39)49(47(59)36-69-54)66-32-33-68-52(61)38-17-22-42(64-5)23-18-38/h17-25,37,41,44-50,54,58-59,63H,7-16,26-36H2,1-6H3/t37-,41+,44-,45+,46+,47+,48+,49+,50-,54+,55+,56+,57-/m1/s1. The van der Waals surface area contributed by atoms with E-state index in [2.05, 4.69) is 26.8 Å². The summed E-state index contributed by atoms with van der Waals surface area (Å²) in [5, 5.41) is 35.8. The second-order valence-electron chi connectivity index (χ2n) is 21.4. The van der Waals surface area contributed by atoms with Crippen LogP contribution < -0.4 is 9.47 Å². The summed E-state index contributed by atoms with van der Waals surface area (Å²) in [5.74, 6) is -1.28. The van der Waals surface area contributed by atoms with E-state index in [-0.39, 0.29) is 55.3 Å². The fraction of sp³-hybridized carbons (Fsp3) is 0.702. The average molecular weight is 991 g/mol. The molecule has 4 fully saturated rings. The van der Waals surface area contributed by atoms with Gasteiger partial charge in [0.05, 0.1) is 63.3 Å². The van der Waals surface area contributed by atoms with Crippen molar-refractivity contribution in [2.45, 2.75) is 179 Å². The highest BCUT2D eigenvalue weighted by Gasteiger charge is 2.71. The van der Waals surface area contributed by atoms with Gasteiger partial charge in [0.15, 0.2) is 12.4 Å². The minimum absolute atomic E-state index is 0.0723. The lowest BCUT2D eigenvalue weighted by Gasteiger charge is -2.59. The number of benzene rings is 2. The van der Waals surface area contributed by atoms with Gasteiger partial charge in [0.2, 0.25) is 0 Å². The van der Waals surface area contributed by atoms with E-state index in [9.17, 15) is 29.7 Å². The van der Waals surface area contributed by atoms with Crippen molar-refractivity contribution in [3.05, 3.63) is 71.3 Å². The summed E-state index contributed by atoms with van der Waals surface area (Å²) in [7, 11) is 3.06. The van der Waals surface area contributed by atoms with Crippen LogP contribution in [0.1, 0.15) is 158 Å². The van der Waals surface area contributed by atoms with E-state index in [1.54, 1.807) is 55.5 Å². The van der Waals surface area contributed by atoms with Gasteiger partial charge in [-0.15, -0.1) is 0 Å². The third kappa shape index (κ3) is 12.2. The third-order valence-electron chi connectivity index (χ3n) is 17.3. The first-order chi connectivity index (χ1) is 34.2. The van der Waals surface area contributed by atoms with Crippen LogP contribution >= 0.6 is 0 Å². The molecule has 2 aromatic carbocycles. The van der Waals surface area contributed by atoms with Crippen molar-refractivity contribution in [2.24, 2.45) is 34.5 Å². The summed E-state index contributed by atoms with van der Waals surface area (Å²) in [6, 6.07) is 12.9. The summed E-state index contributed by atoms with van der Waals surface area (Å²) < 4.78 is 47.7. The molecule has 3 saturated carbocycles. The molecule has 4 aliphatic carbocycles. The Morgan fingerprint density at radius 2 is 1.37 bits per heavy atom. The minimum atomic E-state index is -1.75. The predicted octanol–water partition coefficient (Wildman–Crippen LogP) is 9.34. The summed E-state index contributed by atoms with van der Waals surface area (Å²) in [6.45, 7) is 8.05. The molecule has 0 spiro atoms. The highest BCUT2D eigenvalue weighted by atomic mass is 16.7. The van der Waals surface area contributed by atoms with Crippen LogP contribution in [0.15, 0.2) is 60.2 Å². The van der Waals surface area contributed by atoms with Crippen LogP contribution in [0.2, 0.25) is 0 Å². The Labute approximate surface area is 421 Å². The monoisotopic (exact) mass is 991 g/mol. The molecule has 14 nitrogen and oxygen atoms in total. The second-order valence-corrected chi connectivity index (χ2v) is 21.4. The molecule has 3 N–H and O–H groups in total. The van der Waals surface area contributed by atoms with Gasteiger partial charge in [-0.1, -0.05) is 90.2 Å². The maximum Gasteiger partial charge on any atom is 0.338 e. The maximum absolute atomic E-state index is 14.3. The van der Waals surface area contributed by atoms with E-state index in [4.69, 9.17) is 37.9 Å². The number of methoxy groups -OCH3 is 2. The Balaban J connectivity index is 1.12. The van der Waals surface area contributed by atoms with Crippen molar-refractivity contribution in [1.82, 2.24) is 0 Å². The summed E-state index contributed by atoms with van der Waals surface area (Å²) in [6.07, 6.45) is 12.2. The molecule has 7 rings (SSSR count). The zero-order chi connectivity index (χ0) is 50.8. The summed E-state index contributed by atoms with van der Waals surface area (Å²) in [5.41, 5.74) is -0.793. The van der Waals surface area contributed by atoms with Crippen molar-refractivity contribution in [1.29, 1.82) is 0 Å². The Hall–Kier alpha value is -4.05. The van der Waals surface area contributed by atoms with Gasteiger partial charge in [-0.05, 0) is 130 Å². The number of carbonyl (C=O) groups excluding carboxylic acids is 3. The Kier molecular flexibility index (Phi) is 19.1. The van der Waals surface area contributed by atoms with Crippen LogP contribution in [0.5, 0.6) is 11.5 Å². The summed E-state index contributed by atoms with van der Waals surface area (Å²) in [4.78, 5) is 41.3. The fourth-order valence-electron chi connectivity index (χ4n) is 13.1. The Morgan fingerprint density at radius 3 is 2.00 bits per heavy atom. The molecule has 394 valence electrons. The van der Waals surface area contributed by atoms with Gasteiger partial charge in [0.1, 0.15) is 35.9 Å². The Morgan fingerprint density at radius 1 is 0.746 bits per heavy atom. The number of fused-ring (bicyclic) bond motifs is 5. The van der Waals surface area contributed by atoms with Crippen LogP contribution in [0.4, 0.5) is 0 Å². The lowest BCUT2D eigenvalue weighted by atomic mass is 9.46. The molecule has 1 aliphatic heterocycles. The van der Waals surface area contributed by atoms with Crippen molar-refractivity contribution >= 4 is 17.9 Å². The molecule has 14 heteroatoms. The molecule has 1 heterocycles. The molecule has 71 heavy (non-hydrogen) atoms. The number of carbonyl (C=O) groups is 3. The van der Waals surface area contributed by atoms with Crippen molar-refractivity contribution in [3.63, 3.8) is 0 Å². The van der Waals surface area contributed by atoms with E-state index in [1.165, 1.54) is 58.3 Å². The van der Waals surface area contributed by atoms with Crippen LogP contribution in [-0.2, 0) is 33.2 Å². The fourth-order valence-corrected chi connectivity index (χ4v) is 13.1. The van der Waals surface area contributed by atoms with Gasteiger partial charge >= 0.3 is 17.9 Å². The zero-order valence-corrected chi connectivity index (χ0v) is 43.2. The van der Waals surface area contributed by atoms with Gasteiger partial charge in [-0.25, -0.2) is 9.59 Å². The van der Waals surface area contributed by atoms with E-state index in [1.807, 2.05) is 0 Å². The molecule has 0 bridgehead atoms. The van der Waals surface area contributed by atoms with Crippen molar-refractivity contribution in [3.8, 4) is 11.5 Å². The quantitative estimate of drug-likeness (QED) is 0.0391. The van der Waals surface area contributed by atoms with Gasteiger partial charge in [-0.3, -0.25) is 4.79 Å². The van der Waals surface area contributed by atoms with Gasteiger partial charge in [0.25, 0.3) is 0 Å². The number of allylic oxidation sites excluding steroid dienone is 1. The average Bonchev–Trinajstić information content (AvgIpc) is 3.61. The number of hydrogen-bond acceptors (Lipinski definition) is 14. The number of ether oxygens (including phenoxy) is 8. The topological polar surface area (TPSA) is 186 Å². The van der Waals surface area contributed by atoms with Gasteiger partial charge < -0.3 is 53.2 Å². The molecule has 1 saturated heterocycles. The largest absolute Gasteiger partial charge is 0.497 e. The highest BCUT2D eigenvalue weighted by molar-refractivity contribution is 5.90. The molecule has 2 aromatic rings. The third-order valence-corrected chi connectivity index (χ3v) is 17.3. The number of aliphatic hydroxyl groups excluding tert-OH is 2. The first-order valence-electron chi connectivity index (χ1n) is 26.7. The lowest BCUT2D eigenvalue weighted by molar-refractivity contribution is -0.308. The van der Waals surface area contributed by atoms with Crippen molar-refractivity contribution in [2.75, 3.05) is 40.6 Å². The van der Waals surface area contributed by atoms with E-state index >= 15 is 0 Å². The molecule has 13 atom stereocenters. The molecule has 0 unspecified atom stereocenters. The minimum Gasteiger partial charge on any atom is -0.497 e. The predicted molar refractivity (Wildman–Crippen MR) is 266 cm³/mol. The van der Waals surface area contributed by atoms with E-state index < -0.39 is 65.5 Å². The van der Waals surface area contributed by atoms with Gasteiger partial charge in [0, 0.05) is 5.41 Å². The maximum atomic E-state index is 14.3. The molecule has 0 aromatic heterocycles. The van der Waals surface area contributed by atoms with E-state index in [0.29, 0.717) is 42.2 Å². The SMILES string of the molecule is CCCCCCCCCCCCOC(=O)[C@@H](C)[C@@]1(O)[C@@H](O[C@@H]2OC[C@H](O)[C@H](OCCOC(=O)c3ccc(OC)cc3)[C@H]2OC(=O)c2ccc(OC)cc2)C[C@H]2[C@@H]3CC=C4C[C@@H](O)CC[C@]4(C)[C@H]3CC[C@@]21C. The van der Waals surface area contributed by atoms with Crippen LogP contribution in [-0.4, -0.2) is 116 Å². The van der Waals surface area contributed by atoms with Crippen LogP contribution in [0.25, 0.3) is 0 Å². The Bertz CT molecular complexity index is 2070. The first kappa shape index (κ1) is 54.7. The molecular weight excluding hydrogens is 909 g/mol. The number of esters is 3. The number of unbranched alkanes of at least 4 members (excludes halogenated alkanes) is 9. The number of aliphatic hydroxyl groups is 3. The van der Waals surface area contributed by atoms with Crippen LogP contribution in [0.3, 0.4) is 0 Å². The first-order valence-corrected chi connectivity index (χ1v) is 26.7. The normalized spacial score (nSPS) is 32.6. The number of rotatable bonds is 24. The molecule has 0 amide bonds.